The predicted molar refractivity (Wildman–Crippen MR) is 72.8 cm³/mol. The van der Waals surface area contributed by atoms with Gasteiger partial charge in [-0.2, -0.15) is 0 Å². The number of carbonyl (C=O) groups is 1. The number of nitrogens with zero attached hydrogens (tertiary/aromatic N) is 4. The summed E-state index contributed by atoms with van der Waals surface area (Å²) in [6, 6.07) is 0.844. The first-order valence-electron chi connectivity index (χ1n) is 6.57. The number of aromatic nitrogens is 4. The first kappa shape index (κ1) is 14.3. The fraction of sp³-hybridized carbons (Fsp3) is 0.818. The van der Waals surface area contributed by atoms with Crippen LogP contribution in [0.25, 0.3) is 0 Å². The first-order valence-corrected chi connectivity index (χ1v) is 7.55. The third-order valence-electron chi connectivity index (χ3n) is 2.65. The molecule has 0 aromatic carbocycles. The van der Waals surface area contributed by atoms with E-state index in [4.69, 9.17) is 0 Å². The van der Waals surface area contributed by atoms with Gasteiger partial charge in [0.2, 0.25) is 11.1 Å². The lowest BCUT2D eigenvalue weighted by molar-refractivity contribution is -0.118. The number of carbonyl (C=O) groups excluding carboxylic acids is 1. The lowest BCUT2D eigenvalue weighted by Gasteiger charge is -2.08. The van der Waals surface area contributed by atoms with Gasteiger partial charge in [-0.3, -0.25) is 4.79 Å². The minimum atomic E-state index is 0.0577. The average molecular weight is 284 g/mol. The molecule has 2 rings (SSSR count). The molecular formula is C11H20N6OS. The Bertz CT molecular complexity index is 417. The van der Waals surface area contributed by atoms with Crippen molar-refractivity contribution >= 4 is 17.7 Å². The van der Waals surface area contributed by atoms with E-state index < -0.39 is 0 Å². The van der Waals surface area contributed by atoms with Crippen LogP contribution in [0.5, 0.6) is 0 Å². The van der Waals surface area contributed by atoms with Crippen LogP contribution < -0.4 is 10.6 Å². The van der Waals surface area contributed by atoms with Gasteiger partial charge in [-0.1, -0.05) is 25.6 Å². The van der Waals surface area contributed by atoms with Gasteiger partial charge >= 0.3 is 0 Å². The van der Waals surface area contributed by atoms with E-state index >= 15 is 0 Å². The number of hydrogen-bond acceptors (Lipinski definition) is 6. The molecule has 1 aromatic heterocycles. The third-order valence-corrected chi connectivity index (χ3v) is 3.61. The van der Waals surface area contributed by atoms with Gasteiger partial charge in [-0.05, 0) is 23.3 Å². The summed E-state index contributed by atoms with van der Waals surface area (Å²) in [5.41, 5.74) is 0. The Balaban J connectivity index is 1.73. The quantitative estimate of drug-likeness (QED) is 0.656. The van der Waals surface area contributed by atoms with Crippen LogP contribution >= 0.6 is 11.8 Å². The zero-order valence-corrected chi connectivity index (χ0v) is 12.1. The molecule has 19 heavy (non-hydrogen) atoms. The van der Waals surface area contributed by atoms with Crippen molar-refractivity contribution in [3.05, 3.63) is 0 Å². The molecule has 0 atom stereocenters. The van der Waals surface area contributed by atoms with Crippen molar-refractivity contribution in [2.75, 3.05) is 12.3 Å². The van der Waals surface area contributed by atoms with Crippen LogP contribution in [0.15, 0.2) is 5.16 Å². The Kier molecular flexibility index (Phi) is 5.15. The molecule has 0 aliphatic heterocycles. The van der Waals surface area contributed by atoms with Gasteiger partial charge in [0.15, 0.2) is 0 Å². The van der Waals surface area contributed by atoms with E-state index in [0.29, 0.717) is 29.5 Å². The van der Waals surface area contributed by atoms with Crippen LogP contribution in [0.1, 0.15) is 26.7 Å². The molecule has 0 saturated heterocycles. The molecule has 1 heterocycles. The van der Waals surface area contributed by atoms with Crippen LogP contribution in [0.4, 0.5) is 0 Å². The zero-order chi connectivity index (χ0) is 13.7. The number of hydrogen-bond donors (Lipinski definition) is 2. The maximum absolute atomic E-state index is 11.6. The highest BCUT2D eigenvalue weighted by molar-refractivity contribution is 7.99. The summed E-state index contributed by atoms with van der Waals surface area (Å²) in [5.74, 6) is 0.427. The Morgan fingerprint density at radius 2 is 2.32 bits per heavy atom. The van der Waals surface area contributed by atoms with Gasteiger partial charge < -0.3 is 10.6 Å². The van der Waals surface area contributed by atoms with Crippen LogP contribution in [0.3, 0.4) is 0 Å². The van der Waals surface area contributed by atoms with Gasteiger partial charge in [0.25, 0.3) is 0 Å². The third kappa shape index (κ3) is 5.15. The highest BCUT2D eigenvalue weighted by Crippen LogP contribution is 2.19. The Hall–Kier alpha value is -1.15. The highest BCUT2D eigenvalue weighted by Gasteiger charge is 2.23. The number of tetrazole rings is 1. The lowest BCUT2D eigenvalue weighted by atomic mass is 10.4. The second kappa shape index (κ2) is 6.85. The van der Waals surface area contributed by atoms with E-state index in [1.165, 1.54) is 11.8 Å². The molecule has 1 amide bonds. The monoisotopic (exact) mass is 284 g/mol. The summed E-state index contributed by atoms with van der Waals surface area (Å²) in [5, 5.41) is 18.5. The summed E-state index contributed by atoms with van der Waals surface area (Å²) in [7, 11) is 0. The average Bonchev–Trinajstić information content (AvgIpc) is 3.04. The topological polar surface area (TPSA) is 84.7 Å². The molecule has 1 aromatic rings. The Labute approximate surface area is 116 Å². The van der Waals surface area contributed by atoms with E-state index in [-0.39, 0.29) is 5.91 Å². The Morgan fingerprint density at radius 3 is 3.00 bits per heavy atom. The Morgan fingerprint density at radius 1 is 1.53 bits per heavy atom. The van der Waals surface area contributed by atoms with Crippen molar-refractivity contribution in [2.24, 2.45) is 0 Å². The summed E-state index contributed by atoms with van der Waals surface area (Å²) >= 11 is 1.38. The number of rotatable bonds is 8. The van der Waals surface area contributed by atoms with Crippen molar-refractivity contribution in [1.82, 2.24) is 30.8 Å². The zero-order valence-electron chi connectivity index (χ0n) is 11.3. The SMILES string of the molecule is CC(C)NCCn1nnnc1SCC(=O)NC1CC1. The molecule has 106 valence electrons. The van der Waals surface area contributed by atoms with Crippen molar-refractivity contribution in [3.63, 3.8) is 0 Å². The number of nitrogens with one attached hydrogen (secondary N) is 2. The minimum Gasteiger partial charge on any atom is -0.353 e. The molecule has 0 bridgehead atoms. The largest absolute Gasteiger partial charge is 0.353 e. The van der Waals surface area contributed by atoms with E-state index in [9.17, 15) is 4.79 Å². The summed E-state index contributed by atoms with van der Waals surface area (Å²) in [6.07, 6.45) is 2.21. The molecule has 1 aliphatic carbocycles. The predicted octanol–water partition coefficient (Wildman–Crippen LogP) is 0.0418. The van der Waals surface area contributed by atoms with Gasteiger partial charge in [0, 0.05) is 18.6 Å². The fourth-order valence-electron chi connectivity index (χ4n) is 1.53. The van der Waals surface area contributed by atoms with Crippen LogP contribution in [-0.4, -0.2) is 50.5 Å². The molecule has 0 unspecified atom stereocenters. The first-order chi connectivity index (χ1) is 9.15. The van der Waals surface area contributed by atoms with Crippen molar-refractivity contribution in [1.29, 1.82) is 0 Å². The standard InChI is InChI=1S/C11H20N6OS/c1-8(2)12-5-6-17-11(14-15-16-17)19-7-10(18)13-9-3-4-9/h8-9,12H,3-7H2,1-2H3,(H,13,18). The molecule has 0 radical (unpaired) electrons. The molecule has 8 heteroatoms. The number of thioether (sulfide) groups is 1. The summed E-state index contributed by atoms with van der Waals surface area (Å²) in [6.45, 7) is 5.71. The maximum Gasteiger partial charge on any atom is 0.230 e. The molecule has 0 spiro atoms. The summed E-state index contributed by atoms with van der Waals surface area (Å²) < 4.78 is 1.73. The smallest absolute Gasteiger partial charge is 0.230 e. The van der Waals surface area contributed by atoms with Crippen molar-refractivity contribution in [3.8, 4) is 0 Å². The highest BCUT2D eigenvalue weighted by atomic mass is 32.2. The second-order valence-corrected chi connectivity index (χ2v) is 5.87. The molecule has 1 aliphatic rings. The molecule has 2 N–H and O–H groups in total. The van der Waals surface area contributed by atoms with Crippen LogP contribution in [0.2, 0.25) is 0 Å². The van der Waals surface area contributed by atoms with E-state index in [2.05, 4.69) is 40.0 Å². The van der Waals surface area contributed by atoms with Gasteiger partial charge in [-0.15, -0.1) is 5.10 Å². The number of amides is 1. The molecular weight excluding hydrogens is 264 g/mol. The molecule has 7 nitrogen and oxygen atoms in total. The normalized spacial score (nSPS) is 14.9. The maximum atomic E-state index is 11.6. The van der Waals surface area contributed by atoms with Crippen molar-refractivity contribution in [2.45, 2.75) is 50.5 Å². The van der Waals surface area contributed by atoms with E-state index in [0.717, 1.165) is 19.4 Å². The van der Waals surface area contributed by atoms with Crippen LogP contribution in [0, 0.1) is 0 Å². The van der Waals surface area contributed by atoms with Gasteiger partial charge in [0.05, 0.1) is 12.3 Å². The second-order valence-electron chi connectivity index (χ2n) is 4.92. The molecule has 1 fully saturated rings. The van der Waals surface area contributed by atoms with E-state index in [1.807, 2.05) is 0 Å². The lowest BCUT2D eigenvalue weighted by Crippen LogP contribution is -2.28. The van der Waals surface area contributed by atoms with Crippen molar-refractivity contribution < 1.29 is 4.79 Å². The molecule has 1 saturated carbocycles. The fourth-order valence-corrected chi connectivity index (χ4v) is 2.24. The van der Waals surface area contributed by atoms with E-state index in [1.54, 1.807) is 4.68 Å². The van der Waals surface area contributed by atoms with Gasteiger partial charge in [0.1, 0.15) is 0 Å². The van der Waals surface area contributed by atoms with Crippen LogP contribution in [-0.2, 0) is 11.3 Å². The minimum absolute atomic E-state index is 0.0577. The summed E-state index contributed by atoms with van der Waals surface area (Å²) in [4.78, 5) is 11.6. The van der Waals surface area contributed by atoms with Gasteiger partial charge in [-0.25, -0.2) is 4.68 Å².